The Balaban J connectivity index is 3.17. The molecule has 0 saturated carbocycles. The van der Waals surface area contributed by atoms with Gasteiger partial charge in [0.1, 0.15) is 6.54 Å². The lowest BCUT2D eigenvalue weighted by atomic mass is 10.3. The van der Waals surface area contributed by atoms with Crippen LogP contribution in [0.25, 0.3) is 0 Å². The van der Waals surface area contributed by atoms with Crippen molar-refractivity contribution in [1.29, 1.82) is 0 Å². The number of H-pyrrole nitrogens is 1. The molecule has 90 valence electrons. The number of nitrogens with one attached hydrogen (secondary N) is 1. The molecule has 0 aromatic carbocycles. The monoisotopic (exact) mass is 242 g/mol. The van der Waals surface area contributed by atoms with E-state index in [-0.39, 0.29) is 4.57 Å². The van der Waals surface area contributed by atoms with Crippen LogP contribution in [0, 0.1) is 0 Å². The van der Waals surface area contributed by atoms with Crippen LogP contribution < -0.4 is 11.2 Å². The van der Waals surface area contributed by atoms with Gasteiger partial charge < -0.3 is 5.11 Å². The van der Waals surface area contributed by atoms with Crippen LogP contribution in [-0.4, -0.2) is 27.0 Å². The Hall–Kier alpha value is -1.80. The van der Waals surface area contributed by atoms with E-state index in [2.05, 4.69) is 0 Å². The van der Waals surface area contributed by atoms with Crippen molar-refractivity contribution in [3.63, 3.8) is 0 Å². The normalized spacial score (nSPS) is 12.1. The first-order valence-electron chi connectivity index (χ1n) is 3.93. The van der Waals surface area contributed by atoms with Crippen LogP contribution >= 0.6 is 0 Å². The Morgan fingerprint density at radius 2 is 2.00 bits per heavy atom. The molecule has 0 radical (unpaired) electrons. The minimum absolute atomic E-state index is 0.0481. The van der Waals surface area contributed by atoms with Crippen LogP contribution in [0.2, 0.25) is 0 Å². The second-order valence-electron chi connectivity index (χ2n) is 2.94. The average molecular weight is 242 g/mol. The predicted molar refractivity (Wildman–Crippen MR) is 43.9 cm³/mol. The molecule has 0 spiro atoms. The molecule has 0 aliphatic rings. The van der Waals surface area contributed by atoms with Crippen molar-refractivity contribution >= 4 is 0 Å². The Labute approximate surface area is 85.0 Å². The molecule has 0 aliphatic heterocycles. The highest BCUT2D eigenvalue weighted by atomic mass is 19.3. The molecular formula is C7H6F4N2O3. The molecule has 1 aromatic rings. The minimum Gasteiger partial charge on any atom is -0.494 e. The van der Waals surface area contributed by atoms with E-state index >= 15 is 0 Å². The summed E-state index contributed by atoms with van der Waals surface area (Å²) >= 11 is 0. The van der Waals surface area contributed by atoms with Gasteiger partial charge in [0, 0.05) is 0 Å². The standard InChI is InChI=1S/C7H6F4N2O3/c8-5(9)7(10,11)2-13-4(15)1-3(14)12-6(13)16/h1,5,15H,2H2,(H,12,14,16). The van der Waals surface area contributed by atoms with Gasteiger partial charge in [-0.15, -0.1) is 0 Å². The number of alkyl halides is 4. The number of rotatable bonds is 3. The maximum Gasteiger partial charge on any atom is 0.331 e. The number of halogens is 4. The van der Waals surface area contributed by atoms with Crippen molar-refractivity contribution in [1.82, 2.24) is 9.55 Å². The summed E-state index contributed by atoms with van der Waals surface area (Å²) in [5, 5.41) is 8.98. The van der Waals surface area contributed by atoms with Gasteiger partial charge in [0.2, 0.25) is 5.88 Å². The van der Waals surface area contributed by atoms with Crippen molar-refractivity contribution in [3.05, 3.63) is 26.9 Å². The molecule has 2 N–H and O–H groups in total. The summed E-state index contributed by atoms with van der Waals surface area (Å²) in [4.78, 5) is 23.1. The van der Waals surface area contributed by atoms with Gasteiger partial charge in [-0.05, 0) is 0 Å². The maximum atomic E-state index is 12.6. The fraction of sp³-hybridized carbons (Fsp3) is 0.429. The first-order valence-corrected chi connectivity index (χ1v) is 3.93. The number of hydrogen-bond donors (Lipinski definition) is 2. The molecule has 0 aliphatic carbocycles. The van der Waals surface area contributed by atoms with Gasteiger partial charge in [-0.3, -0.25) is 14.3 Å². The van der Waals surface area contributed by atoms with Gasteiger partial charge in [-0.2, -0.15) is 8.78 Å². The van der Waals surface area contributed by atoms with Crippen LogP contribution in [-0.2, 0) is 6.54 Å². The molecule has 0 unspecified atom stereocenters. The number of aromatic hydroxyl groups is 1. The molecule has 1 rings (SSSR count). The van der Waals surface area contributed by atoms with E-state index in [9.17, 15) is 27.2 Å². The zero-order chi connectivity index (χ0) is 12.5. The number of hydrogen-bond acceptors (Lipinski definition) is 3. The smallest absolute Gasteiger partial charge is 0.331 e. The summed E-state index contributed by atoms with van der Waals surface area (Å²) in [6.45, 7) is -1.72. The maximum absolute atomic E-state index is 12.6. The fourth-order valence-electron chi connectivity index (χ4n) is 0.941. The SMILES string of the molecule is O=c1cc(O)n(CC(F)(F)C(F)F)c(=O)[nH]1. The number of nitrogens with zero attached hydrogens (tertiary/aromatic N) is 1. The molecule has 1 aromatic heterocycles. The predicted octanol–water partition coefficient (Wildman–Crippen LogP) is 0.143. The van der Waals surface area contributed by atoms with Crippen LogP contribution in [0.1, 0.15) is 0 Å². The quantitative estimate of drug-likeness (QED) is 0.740. The highest BCUT2D eigenvalue weighted by Gasteiger charge is 2.41. The first-order chi connectivity index (χ1) is 7.24. The van der Waals surface area contributed by atoms with Gasteiger partial charge in [0.25, 0.3) is 5.56 Å². The highest BCUT2D eigenvalue weighted by Crippen LogP contribution is 2.25. The van der Waals surface area contributed by atoms with Crippen LogP contribution in [0.5, 0.6) is 5.88 Å². The second kappa shape index (κ2) is 3.99. The summed E-state index contributed by atoms with van der Waals surface area (Å²) in [5.74, 6) is -5.58. The van der Waals surface area contributed by atoms with Gasteiger partial charge in [0.15, 0.2) is 0 Å². The topological polar surface area (TPSA) is 75.1 Å². The molecule has 1 heterocycles. The van der Waals surface area contributed by atoms with Crippen molar-refractivity contribution in [2.24, 2.45) is 0 Å². The largest absolute Gasteiger partial charge is 0.494 e. The number of aromatic nitrogens is 2. The molecule has 9 heteroatoms. The fourth-order valence-corrected chi connectivity index (χ4v) is 0.941. The Kier molecular flexibility index (Phi) is 3.06. The molecular weight excluding hydrogens is 236 g/mol. The molecule has 0 fully saturated rings. The van der Waals surface area contributed by atoms with Crippen molar-refractivity contribution in [2.45, 2.75) is 18.9 Å². The molecule has 5 nitrogen and oxygen atoms in total. The lowest BCUT2D eigenvalue weighted by Crippen LogP contribution is -2.39. The minimum atomic E-state index is -4.47. The molecule has 0 saturated heterocycles. The van der Waals surface area contributed by atoms with E-state index in [1.165, 1.54) is 0 Å². The average Bonchev–Trinajstić information content (AvgIpc) is 2.11. The van der Waals surface area contributed by atoms with Gasteiger partial charge >= 0.3 is 18.0 Å². The zero-order valence-electron chi connectivity index (χ0n) is 7.58. The summed E-state index contributed by atoms with van der Waals surface area (Å²) in [7, 11) is 0. The molecule has 0 amide bonds. The third-order valence-electron chi connectivity index (χ3n) is 1.70. The van der Waals surface area contributed by atoms with Crippen molar-refractivity contribution in [3.8, 4) is 5.88 Å². The summed E-state index contributed by atoms with van der Waals surface area (Å²) < 4.78 is 48.8. The number of aromatic amines is 1. The Morgan fingerprint density at radius 1 is 1.44 bits per heavy atom. The van der Waals surface area contributed by atoms with Gasteiger partial charge in [0.05, 0.1) is 6.07 Å². The van der Waals surface area contributed by atoms with E-state index in [0.717, 1.165) is 0 Å². The van der Waals surface area contributed by atoms with E-state index in [4.69, 9.17) is 5.11 Å². The van der Waals surface area contributed by atoms with E-state index in [1.54, 1.807) is 4.98 Å². The summed E-state index contributed by atoms with van der Waals surface area (Å²) in [6, 6.07) is 0.433. The van der Waals surface area contributed by atoms with Gasteiger partial charge in [-0.25, -0.2) is 13.6 Å². The Morgan fingerprint density at radius 3 is 2.44 bits per heavy atom. The lowest BCUT2D eigenvalue weighted by molar-refractivity contribution is -0.139. The second-order valence-corrected chi connectivity index (χ2v) is 2.94. The zero-order valence-corrected chi connectivity index (χ0v) is 7.58. The van der Waals surface area contributed by atoms with Crippen LogP contribution in [0.3, 0.4) is 0 Å². The molecule has 0 atom stereocenters. The van der Waals surface area contributed by atoms with E-state index < -0.39 is 36.0 Å². The molecule has 16 heavy (non-hydrogen) atoms. The van der Waals surface area contributed by atoms with E-state index in [1.807, 2.05) is 0 Å². The third-order valence-corrected chi connectivity index (χ3v) is 1.70. The van der Waals surface area contributed by atoms with Crippen molar-refractivity contribution in [2.75, 3.05) is 0 Å². The Bertz CT molecular complexity index is 493. The first kappa shape index (κ1) is 12.3. The van der Waals surface area contributed by atoms with Crippen molar-refractivity contribution < 1.29 is 22.7 Å². The summed E-state index contributed by atoms with van der Waals surface area (Å²) in [6.07, 6.45) is -3.98. The molecule has 0 bridgehead atoms. The van der Waals surface area contributed by atoms with E-state index in [0.29, 0.717) is 6.07 Å². The van der Waals surface area contributed by atoms with Crippen LogP contribution in [0.4, 0.5) is 17.6 Å². The van der Waals surface area contributed by atoms with Crippen LogP contribution in [0.15, 0.2) is 15.7 Å². The third kappa shape index (κ3) is 2.41. The van der Waals surface area contributed by atoms with Gasteiger partial charge in [-0.1, -0.05) is 0 Å². The lowest BCUT2D eigenvalue weighted by Gasteiger charge is -2.16. The highest BCUT2D eigenvalue weighted by molar-refractivity contribution is 5.06. The summed E-state index contributed by atoms with van der Waals surface area (Å²) in [5.41, 5.74) is -2.40.